The van der Waals surface area contributed by atoms with Crippen LogP contribution in [0.1, 0.15) is 22.5 Å². The zero-order valence-corrected chi connectivity index (χ0v) is 17.7. The number of aromatic amines is 1. The number of hydrogen-bond donors (Lipinski definition) is 2. The molecule has 2 N–H and O–H groups in total. The highest BCUT2D eigenvalue weighted by Crippen LogP contribution is 2.38. The van der Waals surface area contributed by atoms with Gasteiger partial charge in [-0.15, -0.1) is 11.3 Å². The average molecular weight is 419 g/mol. The zero-order valence-electron chi connectivity index (χ0n) is 16.8. The molecule has 0 aliphatic carbocycles. The number of thiazole rings is 1. The summed E-state index contributed by atoms with van der Waals surface area (Å²) in [4.78, 5) is 25.2. The number of pyridine rings is 1. The maximum Gasteiger partial charge on any atom is 0.274 e. The van der Waals surface area contributed by atoms with Gasteiger partial charge in [0.05, 0.1) is 10.4 Å². The minimum atomic E-state index is -0.0332. The van der Waals surface area contributed by atoms with Crippen LogP contribution >= 0.6 is 11.3 Å². The van der Waals surface area contributed by atoms with E-state index in [1.54, 1.807) is 12.4 Å². The molecule has 4 heterocycles. The highest BCUT2D eigenvalue weighted by atomic mass is 32.1. The van der Waals surface area contributed by atoms with E-state index in [4.69, 9.17) is 4.98 Å². The molecule has 1 aromatic carbocycles. The topological polar surface area (TPSA) is 86.8 Å². The highest BCUT2D eigenvalue weighted by Gasteiger charge is 2.30. The largest absolute Gasteiger partial charge is 0.336 e. The minimum Gasteiger partial charge on any atom is -0.336 e. The van der Waals surface area contributed by atoms with Crippen molar-refractivity contribution in [3.05, 3.63) is 54.0 Å². The van der Waals surface area contributed by atoms with Crippen molar-refractivity contribution in [2.24, 2.45) is 0 Å². The molecule has 1 saturated heterocycles. The number of carbonyl (C=O) groups excluding carboxylic acids is 1. The normalized spacial score (nSPS) is 16.5. The lowest BCUT2D eigenvalue weighted by molar-refractivity contribution is 0.0785. The van der Waals surface area contributed by atoms with Crippen molar-refractivity contribution in [3.63, 3.8) is 0 Å². The number of aryl methyl sites for hydroxylation is 1. The van der Waals surface area contributed by atoms with Crippen molar-refractivity contribution in [1.82, 2.24) is 30.4 Å². The van der Waals surface area contributed by atoms with Gasteiger partial charge >= 0.3 is 0 Å². The Bertz CT molecular complexity index is 1220. The summed E-state index contributed by atoms with van der Waals surface area (Å²) in [6, 6.07) is 10.3. The van der Waals surface area contributed by atoms with Gasteiger partial charge in [0.25, 0.3) is 5.91 Å². The molecule has 0 radical (unpaired) electrons. The van der Waals surface area contributed by atoms with Gasteiger partial charge in [0, 0.05) is 42.5 Å². The summed E-state index contributed by atoms with van der Waals surface area (Å²) in [7, 11) is 1.94. The summed E-state index contributed by atoms with van der Waals surface area (Å²) in [5, 5.41) is 12.6. The number of para-hydroxylation sites is 1. The second kappa shape index (κ2) is 7.62. The summed E-state index contributed by atoms with van der Waals surface area (Å²) in [6.07, 6.45) is 4.46. The number of nitrogens with zero attached hydrogens (tertiary/aromatic N) is 4. The van der Waals surface area contributed by atoms with E-state index in [0.717, 1.165) is 50.6 Å². The van der Waals surface area contributed by atoms with Gasteiger partial charge in [-0.1, -0.05) is 24.3 Å². The average Bonchev–Trinajstić information content (AvgIpc) is 3.51. The molecule has 0 saturated carbocycles. The van der Waals surface area contributed by atoms with Gasteiger partial charge in [-0.3, -0.25) is 14.9 Å². The third-order valence-corrected chi connectivity index (χ3v) is 6.76. The molecule has 1 aliphatic rings. The van der Waals surface area contributed by atoms with Crippen LogP contribution < -0.4 is 5.32 Å². The molecular weight excluding hydrogens is 396 g/mol. The first-order chi connectivity index (χ1) is 14.7. The molecule has 1 fully saturated rings. The quantitative estimate of drug-likeness (QED) is 0.530. The van der Waals surface area contributed by atoms with Crippen molar-refractivity contribution >= 4 is 28.1 Å². The van der Waals surface area contributed by atoms with Crippen LogP contribution in [0.4, 0.5) is 0 Å². The lowest BCUT2D eigenvalue weighted by atomic mass is 10.1. The van der Waals surface area contributed by atoms with E-state index >= 15 is 0 Å². The Morgan fingerprint density at radius 3 is 2.97 bits per heavy atom. The number of fused-ring (bicyclic) bond motifs is 1. The Labute approximate surface area is 178 Å². The van der Waals surface area contributed by atoms with Gasteiger partial charge in [-0.2, -0.15) is 5.10 Å². The molecule has 0 bridgehead atoms. The first-order valence-corrected chi connectivity index (χ1v) is 10.8. The van der Waals surface area contributed by atoms with Gasteiger partial charge in [0.2, 0.25) is 0 Å². The molecule has 8 heteroatoms. The maximum absolute atomic E-state index is 13.4. The van der Waals surface area contributed by atoms with E-state index in [-0.39, 0.29) is 5.91 Å². The number of nitrogens with one attached hydrogen (secondary N) is 2. The van der Waals surface area contributed by atoms with Gasteiger partial charge in [0.1, 0.15) is 16.4 Å². The van der Waals surface area contributed by atoms with Gasteiger partial charge in [0.15, 0.2) is 0 Å². The number of likely N-dealkylation sites (N-methyl/N-ethyl adjacent to an activating group) is 1. The standard InChI is InChI=1S/C22H22N6OS/c1-13-5-3-7-16-17(13)26-27-18(16)21-25-19(20(30-21)14-6-4-9-24-11-14)22(29)28-10-8-15(12-28)23-2/h3-7,9,11,15,23H,8,10,12H2,1-2H3,(H,26,27)/t15-/m0/s1. The predicted octanol–water partition coefficient (Wildman–Crippen LogP) is 3.49. The molecular formula is C22H22N6OS. The van der Waals surface area contributed by atoms with Crippen molar-refractivity contribution in [1.29, 1.82) is 0 Å². The number of rotatable bonds is 4. The molecule has 152 valence electrons. The molecule has 0 unspecified atom stereocenters. The number of benzene rings is 1. The van der Waals surface area contributed by atoms with Crippen molar-refractivity contribution in [2.45, 2.75) is 19.4 Å². The fourth-order valence-electron chi connectivity index (χ4n) is 3.94. The Kier molecular flexibility index (Phi) is 4.80. The molecule has 0 spiro atoms. The molecule has 3 aromatic heterocycles. The van der Waals surface area contributed by atoms with Gasteiger partial charge < -0.3 is 10.2 Å². The monoisotopic (exact) mass is 418 g/mol. The van der Waals surface area contributed by atoms with Crippen LogP contribution in [0.2, 0.25) is 0 Å². The lowest BCUT2D eigenvalue weighted by Crippen LogP contribution is -2.33. The maximum atomic E-state index is 13.4. The molecule has 4 aromatic rings. The van der Waals surface area contributed by atoms with Crippen molar-refractivity contribution in [3.8, 4) is 21.1 Å². The van der Waals surface area contributed by atoms with Crippen molar-refractivity contribution in [2.75, 3.05) is 20.1 Å². The van der Waals surface area contributed by atoms with E-state index in [9.17, 15) is 4.79 Å². The van der Waals surface area contributed by atoms with Crippen LogP contribution in [0.5, 0.6) is 0 Å². The van der Waals surface area contributed by atoms with E-state index in [0.29, 0.717) is 18.3 Å². The van der Waals surface area contributed by atoms with Gasteiger partial charge in [-0.25, -0.2) is 4.98 Å². The molecule has 1 aliphatic heterocycles. The number of amides is 1. The SMILES string of the molecule is CN[C@H]1CCN(C(=O)c2nc(-c3[nH]nc4c(C)cccc34)sc2-c2cccnc2)C1. The van der Waals surface area contributed by atoms with Crippen LogP contribution in [-0.4, -0.2) is 57.2 Å². The molecule has 30 heavy (non-hydrogen) atoms. The van der Waals surface area contributed by atoms with Gasteiger partial charge in [-0.05, 0) is 32.0 Å². The van der Waals surface area contributed by atoms with Crippen LogP contribution in [0.25, 0.3) is 32.0 Å². The van der Waals surface area contributed by atoms with Crippen molar-refractivity contribution < 1.29 is 4.79 Å². The summed E-state index contributed by atoms with van der Waals surface area (Å²) in [5.41, 5.74) is 4.25. The smallest absolute Gasteiger partial charge is 0.274 e. The Morgan fingerprint density at radius 1 is 1.30 bits per heavy atom. The number of carbonyl (C=O) groups is 1. The molecule has 5 rings (SSSR count). The Balaban J connectivity index is 1.62. The molecule has 7 nitrogen and oxygen atoms in total. The fraction of sp³-hybridized carbons (Fsp3) is 0.273. The third kappa shape index (κ3) is 3.18. The van der Waals surface area contributed by atoms with E-state index < -0.39 is 0 Å². The second-order valence-electron chi connectivity index (χ2n) is 7.53. The highest BCUT2D eigenvalue weighted by molar-refractivity contribution is 7.18. The fourth-order valence-corrected chi connectivity index (χ4v) is 5.00. The minimum absolute atomic E-state index is 0.0332. The van der Waals surface area contributed by atoms with E-state index in [1.165, 1.54) is 11.3 Å². The number of aromatic nitrogens is 4. The predicted molar refractivity (Wildman–Crippen MR) is 119 cm³/mol. The summed E-state index contributed by atoms with van der Waals surface area (Å²) in [5.74, 6) is -0.0332. The molecule has 1 amide bonds. The van der Waals surface area contributed by atoms with Crippen LogP contribution in [0.3, 0.4) is 0 Å². The van der Waals surface area contributed by atoms with E-state index in [1.807, 2.05) is 49.2 Å². The number of H-pyrrole nitrogens is 1. The number of likely N-dealkylation sites (tertiary alicyclic amines) is 1. The first-order valence-electron chi connectivity index (χ1n) is 9.97. The Hall–Kier alpha value is -3.10. The summed E-state index contributed by atoms with van der Waals surface area (Å²) in [6.45, 7) is 3.47. The zero-order chi connectivity index (χ0) is 20.7. The number of hydrogen-bond acceptors (Lipinski definition) is 6. The lowest BCUT2D eigenvalue weighted by Gasteiger charge is -2.15. The van der Waals surface area contributed by atoms with Crippen LogP contribution in [0, 0.1) is 6.92 Å². The summed E-state index contributed by atoms with van der Waals surface area (Å²) >= 11 is 1.50. The third-order valence-electron chi connectivity index (χ3n) is 5.64. The van der Waals surface area contributed by atoms with Crippen LogP contribution in [0.15, 0.2) is 42.7 Å². The Morgan fingerprint density at radius 2 is 2.20 bits per heavy atom. The summed E-state index contributed by atoms with van der Waals surface area (Å²) < 4.78 is 0. The molecule has 1 atom stereocenters. The first kappa shape index (κ1) is 18.9. The van der Waals surface area contributed by atoms with Crippen LogP contribution in [-0.2, 0) is 0 Å². The van der Waals surface area contributed by atoms with E-state index in [2.05, 4.69) is 20.5 Å². The second-order valence-corrected chi connectivity index (χ2v) is 8.53.